The second-order valence-electron chi connectivity index (χ2n) is 6.48. The molecule has 1 N–H and O–H groups in total. The Labute approximate surface area is 139 Å². The van der Waals surface area contributed by atoms with Crippen molar-refractivity contribution in [1.82, 2.24) is 10.2 Å². The van der Waals surface area contributed by atoms with Crippen molar-refractivity contribution in [3.8, 4) is 11.1 Å². The number of nitrogens with zero attached hydrogens (tertiary/aromatic N) is 1. The molecular weight excluding hydrogens is 313 g/mol. The summed E-state index contributed by atoms with van der Waals surface area (Å²) in [5.74, 6) is 0. The van der Waals surface area contributed by atoms with Crippen LogP contribution in [-0.2, 0) is 6.42 Å². The van der Waals surface area contributed by atoms with E-state index in [1.54, 1.807) is 17.0 Å². The highest BCUT2D eigenvalue weighted by Crippen LogP contribution is 2.42. The van der Waals surface area contributed by atoms with Crippen LogP contribution in [0.25, 0.3) is 11.1 Å². The number of hydrogen-bond acceptors (Lipinski definition) is 2. The predicted molar refractivity (Wildman–Crippen MR) is 87.9 cm³/mol. The van der Waals surface area contributed by atoms with Gasteiger partial charge in [0.25, 0.3) is 0 Å². The second-order valence-corrected chi connectivity index (χ2v) is 6.48. The Bertz CT molecular complexity index is 749. The molecular formula is C19H19F3N2. The topological polar surface area (TPSA) is 15.3 Å². The van der Waals surface area contributed by atoms with Gasteiger partial charge in [-0.05, 0) is 34.2 Å². The summed E-state index contributed by atoms with van der Waals surface area (Å²) in [4.78, 5) is 1.54. The SMILES string of the molecule is FC(F)(F)[C@@H](c1ccc2c(c1)Cc1ccccc1-2)N1CCNCC1. The normalized spacial score (nSPS) is 19.0. The first kappa shape index (κ1) is 15.7. The summed E-state index contributed by atoms with van der Waals surface area (Å²) in [6.45, 7) is 2.04. The van der Waals surface area contributed by atoms with Crippen molar-refractivity contribution in [1.29, 1.82) is 0 Å². The minimum absolute atomic E-state index is 0.357. The van der Waals surface area contributed by atoms with Gasteiger partial charge in [-0.25, -0.2) is 0 Å². The Morgan fingerprint density at radius 2 is 1.62 bits per heavy atom. The van der Waals surface area contributed by atoms with Crippen LogP contribution in [0.2, 0.25) is 0 Å². The summed E-state index contributed by atoms with van der Waals surface area (Å²) in [6, 6.07) is 11.8. The molecule has 0 saturated carbocycles. The lowest BCUT2D eigenvalue weighted by Gasteiger charge is -2.36. The fraction of sp³-hybridized carbons (Fsp3) is 0.368. The van der Waals surface area contributed by atoms with Crippen molar-refractivity contribution >= 4 is 0 Å². The van der Waals surface area contributed by atoms with Crippen LogP contribution in [0, 0.1) is 0 Å². The Morgan fingerprint density at radius 3 is 2.38 bits per heavy atom. The Hall–Kier alpha value is -1.85. The van der Waals surface area contributed by atoms with Gasteiger partial charge in [-0.1, -0.05) is 42.5 Å². The van der Waals surface area contributed by atoms with E-state index in [2.05, 4.69) is 5.32 Å². The van der Waals surface area contributed by atoms with Gasteiger partial charge in [-0.2, -0.15) is 13.2 Å². The summed E-state index contributed by atoms with van der Waals surface area (Å²) in [7, 11) is 0. The lowest BCUT2D eigenvalue weighted by atomic mass is 9.98. The Kier molecular flexibility index (Phi) is 3.85. The van der Waals surface area contributed by atoms with Gasteiger partial charge >= 0.3 is 6.18 Å². The molecule has 126 valence electrons. The zero-order valence-corrected chi connectivity index (χ0v) is 13.2. The van der Waals surface area contributed by atoms with Gasteiger partial charge in [0, 0.05) is 26.2 Å². The maximum Gasteiger partial charge on any atom is 0.408 e. The van der Waals surface area contributed by atoms with E-state index in [4.69, 9.17) is 0 Å². The summed E-state index contributed by atoms with van der Waals surface area (Å²) >= 11 is 0. The van der Waals surface area contributed by atoms with Crippen LogP contribution < -0.4 is 5.32 Å². The predicted octanol–water partition coefficient (Wildman–Crippen LogP) is 3.77. The molecule has 5 heteroatoms. The molecule has 4 rings (SSSR count). The van der Waals surface area contributed by atoms with Gasteiger partial charge in [-0.3, -0.25) is 4.90 Å². The van der Waals surface area contributed by atoms with E-state index in [0.717, 1.165) is 16.7 Å². The van der Waals surface area contributed by atoms with Crippen LogP contribution in [0.15, 0.2) is 42.5 Å². The molecule has 1 aliphatic carbocycles. The molecule has 2 aromatic rings. The maximum atomic E-state index is 13.7. The monoisotopic (exact) mass is 332 g/mol. The van der Waals surface area contributed by atoms with Gasteiger partial charge < -0.3 is 5.32 Å². The number of halogens is 3. The number of alkyl halides is 3. The molecule has 0 spiro atoms. The van der Waals surface area contributed by atoms with Crippen molar-refractivity contribution in [3.63, 3.8) is 0 Å². The third-order valence-corrected chi connectivity index (χ3v) is 4.96. The lowest BCUT2D eigenvalue weighted by molar-refractivity contribution is -0.187. The average Bonchev–Trinajstić information content (AvgIpc) is 2.92. The minimum Gasteiger partial charge on any atom is -0.314 e. The highest BCUT2D eigenvalue weighted by molar-refractivity contribution is 5.77. The van der Waals surface area contributed by atoms with Crippen LogP contribution >= 0.6 is 0 Å². The molecule has 0 amide bonds. The largest absolute Gasteiger partial charge is 0.408 e. The van der Waals surface area contributed by atoms with Crippen molar-refractivity contribution < 1.29 is 13.2 Å². The van der Waals surface area contributed by atoms with Gasteiger partial charge in [0.05, 0.1) is 0 Å². The van der Waals surface area contributed by atoms with E-state index < -0.39 is 12.2 Å². The second kappa shape index (κ2) is 5.90. The highest BCUT2D eigenvalue weighted by Gasteiger charge is 2.45. The standard InChI is InChI=1S/C19H19F3N2/c20-19(21,22)18(24-9-7-23-8-10-24)14-5-6-17-15(12-14)11-13-3-1-2-4-16(13)17/h1-6,12,18,23H,7-11H2/t18-/m1/s1. The van der Waals surface area contributed by atoms with Crippen molar-refractivity contribution in [2.45, 2.75) is 18.6 Å². The Morgan fingerprint density at radius 1 is 0.917 bits per heavy atom. The van der Waals surface area contributed by atoms with E-state index in [0.29, 0.717) is 38.2 Å². The highest BCUT2D eigenvalue weighted by atomic mass is 19.4. The summed E-state index contributed by atoms with van der Waals surface area (Å²) in [5, 5.41) is 3.12. The van der Waals surface area contributed by atoms with E-state index in [-0.39, 0.29) is 0 Å². The average molecular weight is 332 g/mol. The van der Waals surface area contributed by atoms with E-state index in [1.165, 1.54) is 5.56 Å². The number of hydrogen-bond donors (Lipinski definition) is 1. The first-order chi connectivity index (χ1) is 11.5. The summed E-state index contributed by atoms with van der Waals surface area (Å²) in [6.07, 6.45) is -3.55. The fourth-order valence-electron chi connectivity index (χ4n) is 3.88. The first-order valence-corrected chi connectivity index (χ1v) is 8.26. The van der Waals surface area contributed by atoms with E-state index >= 15 is 0 Å². The van der Waals surface area contributed by atoms with Gasteiger partial charge in [-0.15, -0.1) is 0 Å². The molecule has 1 atom stereocenters. The maximum absolute atomic E-state index is 13.7. The summed E-state index contributed by atoms with van der Waals surface area (Å²) in [5.41, 5.74) is 4.75. The molecule has 24 heavy (non-hydrogen) atoms. The number of benzene rings is 2. The molecule has 1 aliphatic heterocycles. The van der Waals surface area contributed by atoms with Crippen LogP contribution in [0.4, 0.5) is 13.2 Å². The number of fused-ring (bicyclic) bond motifs is 3. The molecule has 1 fully saturated rings. The third-order valence-electron chi connectivity index (χ3n) is 4.96. The van der Waals surface area contributed by atoms with E-state index in [1.807, 2.05) is 30.3 Å². The van der Waals surface area contributed by atoms with Gasteiger partial charge in [0.15, 0.2) is 0 Å². The van der Waals surface area contributed by atoms with Crippen molar-refractivity contribution in [2.24, 2.45) is 0 Å². The minimum atomic E-state index is -4.27. The molecule has 2 aliphatic rings. The van der Waals surface area contributed by atoms with Crippen LogP contribution in [0.3, 0.4) is 0 Å². The van der Waals surface area contributed by atoms with Crippen LogP contribution in [-0.4, -0.2) is 37.3 Å². The molecule has 0 radical (unpaired) electrons. The quantitative estimate of drug-likeness (QED) is 0.769. The molecule has 0 unspecified atom stereocenters. The summed E-state index contributed by atoms with van der Waals surface area (Å²) < 4.78 is 41.2. The molecule has 1 heterocycles. The lowest BCUT2D eigenvalue weighted by Crippen LogP contribution is -2.49. The van der Waals surface area contributed by atoms with Crippen LogP contribution in [0.1, 0.15) is 22.7 Å². The van der Waals surface area contributed by atoms with Gasteiger partial charge in [0.1, 0.15) is 6.04 Å². The number of piperazine rings is 1. The van der Waals surface area contributed by atoms with Crippen molar-refractivity contribution in [2.75, 3.05) is 26.2 Å². The van der Waals surface area contributed by atoms with Gasteiger partial charge in [0.2, 0.25) is 0 Å². The smallest absolute Gasteiger partial charge is 0.314 e. The molecule has 1 saturated heterocycles. The third kappa shape index (κ3) is 2.72. The number of rotatable bonds is 2. The Balaban J connectivity index is 1.71. The molecule has 2 nitrogen and oxygen atoms in total. The molecule has 0 aromatic heterocycles. The fourth-order valence-corrected chi connectivity index (χ4v) is 3.88. The first-order valence-electron chi connectivity index (χ1n) is 8.26. The molecule has 2 aromatic carbocycles. The van der Waals surface area contributed by atoms with Crippen molar-refractivity contribution in [3.05, 3.63) is 59.2 Å². The van der Waals surface area contributed by atoms with Crippen LogP contribution in [0.5, 0.6) is 0 Å². The number of nitrogens with one attached hydrogen (secondary N) is 1. The van der Waals surface area contributed by atoms with E-state index in [9.17, 15) is 13.2 Å². The molecule has 0 bridgehead atoms. The zero-order valence-electron chi connectivity index (χ0n) is 13.2. The zero-order chi connectivity index (χ0) is 16.7.